The molecule has 1 aromatic rings. The van der Waals surface area contributed by atoms with Crippen LogP contribution >= 0.6 is 12.4 Å². The molecule has 1 aromatic carbocycles. The van der Waals surface area contributed by atoms with Gasteiger partial charge < -0.3 is 10.1 Å². The Labute approximate surface area is 132 Å². The Morgan fingerprint density at radius 2 is 2.19 bits per heavy atom. The second-order valence-corrected chi connectivity index (χ2v) is 6.99. The first kappa shape index (κ1) is 18.4. The molecule has 2 unspecified atom stereocenters. The molecule has 1 fully saturated rings. The minimum absolute atomic E-state index is 0. The fraction of sp³-hybridized carbons (Fsp3) is 0.571. The Hall–Kier alpha value is -0.660. The van der Waals surface area contributed by atoms with E-state index < -0.39 is 10.0 Å². The van der Waals surface area contributed by atoms with Crippen molar-refractivity contribution in [1.82, 2.24) is 10.0 Å². The maximum atomic E-state index is 12.4. The molecule has 2 N–H and O–H groups in total. The number of methoxy groups -OCH3 is 1. The lowest BCUT2D eigenvalue weighted by molar-refractivity contribution is 0.184. The van der Waals surface area contributed by atoms with Crippen LogP contribution in [0.1, 0.15) is 18.9 Å². The van der Waals surface area contributed by atoms with Crippen LogP contribution in [0.2, 0.25) is 0 Å². The molecule has 0 saturated carbocycles. The molecule has 1 aliphatic rings. The third kappa shape index (κ3) is 4.93. The molecule has 5 nitrogen and oxygen atoms in total. The predicted molar refractivity (Wildman–Crippen MR) is 85.2 cm³/mol. The van der Waals surface area contributed by atoms with Crippen LogP contribution in [-0.4, -0.2) is 34.7 Å². The standard InChI is InChI=1S/C14H22N2O3S.ClH/c1-11-9-15-7-6-14(11)16-20(17,18)13-5-3-4-12(8-13)10-19-2;/h3-5,8,11,14-16H,6-7,9-10H2,1-2H3;1H. The topological polar surface area (TPSA) is 67.4 Å². The Morgan fingerprint density at radius 3 is 2.86 bits per heavy atom. The van der Waals surface area contributed by atoms with Crippen molar-refractivity contribution in [2.24, 2.45) is 5.92 Å². The van der Waals surface area contributed by atoms with Crippen LogP contribution < -0.4 is 10.0 Å². The molecule has 2 rings (SSSR count). The first-order chi connectivity index (χ1) is 9.53. The summed E-state index contributed by atoms with van der Waals surface area (Å²) in [4.78, 5) is 0.304. The van der Waals surface area contributed by atoms with Crippen molar-refractivity contribution in [2.45, 2.75) is 30.9 Å². The SMILES string of the molecule is COCc1cccc(S(=O)(=O)NC2CCNCC2C)c1.Cl. The summed E-state index contributed by atoms with van der Waals surface area (Å²) >= 11 is 0. The number of halogens is 1. The first-order valence-electron chi connectivity index (χ1n) is 6.84. The summed E-state index contributed by atoms with van der Waals surface area (Å²) in [6.07, 6.45) is 0.818. The Balaban J connectivity index is 0.00000220. The maximum Gasteiger partial charge on any atom is 0.240 e. The summed E-state index contributed by atoms with van der Waals surface area (Å²) in [5.74, 6) is 0.292. The molecule has 0 amide bonds. The molecule has 0 aromatic heterocycles. The van der Waals surface area contributed by atoms with Crippen molar-refractivity contribution in [1.29, 1.82) is 0 Å². The third-order valence-corrected chi connectivity index (χ3v) is 5.10. The molecular weight excluding hydrogens is 312 g/mol. The van der Waals surface area contributed by atoms with Crippen LogP contribution in [0.4, 0.5) is 0 Å². The van der Waals surface area contributed by atoms with Gasteiger partial charge >= 0.3 is 0 Å². The van der Waals surface area contributed by atoms with Crippen molar-refractivity contribution < 1.29 is 13.2 Å². The number of benzene rings is 1. The molecule has 1 saturated heterocycles. The van der Waals surface area contributed by atoms with Crippen LogP contribution in [0.25, 0.3) is 0 Å². The lowest BCUT2D eigenvalue weighted by Gasteiger charge is -2.30. The highest BCUT2D eigenvalue weighted by Crippen LogP contribution is 2.17. The van der Waals surface area contributed by atoms with E-state index >= 15 is 0 Å². The number of rotatable bonds is 5. The minimum Gasteiger partial charge on any atom is -0.380 e. The Kier molecular flexibility index (Phi) is 7.09. The first-order valence-corrected chi connectivity index (χ1v) is 8.32. The van der Waals surface area contributed by atoms with E-state index in [4.69, 9.17) is 4.74 Å². The summed E-state index contributed by atoms with van der Waals surface area (Å²) in [5.41, 5.74) is 0.855. The molecule has 0 radical (unpaired) electrons. The lowest BCUT2D eigenvalue weighted by Crippen LogP contribution is -2.48. The van der Waals surface area contributed by atoms with E-state index in [0.29, 0.717) is 17.4 Å². The lowest BCUT2D eigenvalue weighted by atomic mass is 9.97. The summed E-state index contributed by atoms with van der Waals surface area (Å²) in [6.45, 7) is 4.16. The van der Waals surface area contributed by atoms with Gasteiger partial charge in [-0.25, -0.2) is 13.1 Å². The summed E-state index contributed by atoms with van der Waals surface area (Å²) in [7, 11) is -1.87. The zero-order chi connectivity index (χ0) is 14.6. The van der Waals surface area contributed by atoms with E-state index in [9.17, 15) is 8.42 Å². The number of piperidine rings is 1. The summed E-state index contributed by atoms with van der Waals surface area (Å²) in [6, 6.07) is 6.88. The molecule has 1 aliphatic heterocycles. The van der Waals surface area contributed by atoms with Crippen molar-refractivity contribution in [3.63, 3.8) is 0 Å². The normalized spacial score (nSPS) is 22.6. The van der Waals surface area contributed by atoms with Crippen molar-refractivity contribution in [2.75, 3.05) is 20.2 Å². The molecule has 1 heterocycles. The second kappa shape index (κ2) is 8.10. The van der Waals surface area contributed by atoms with E-state index in [-0.39, 0.29) is 18.4 Å². The summed E-state index contributed by atoms with van der Waals surface area (Å²) in [5, 5.41) is 3.26. The fourth-order valence-electron chi connectivity index (χ4n) is 2.43. The van der Waals surface area contributed by atoms with Gasteiger partial charge in [-0.3, -0.25) is 0 Å². The highest BCUT2D eigenvalue weighted by molar-refractivity contribution is 7.89. The van der Waals surface area contributed by atoms with E-state index in [1.165, 1.54) is 0 Å². The number of hydrogen-bond acceptors (Lipinski definition) is 4. The van der Waals surface area contributed by atoms with Gasteiger partial charge in [0.1, 0.15) is 0 Å². The molecule has 0 aliphatic carbocycles. The minimum atomic E-state index is -3.47. The van der Waals surface area contributed by atoms with Crippen LogP contribution in [0.3, 0.4) is 0 Å². The van der Waals surface area contributed by atoms with Crippen molar-refractivity contribution >= 4 is 22.4 Å². The van der Waals surface area contributed by atoms with Crippen LogP contribution in [0.5, 0.6) is 0 Å². The average Bonchev–Trinajstić information content (AvgIpc) is 2.42. The van der Waals surface area contributed by atoms with Gasteiger partial charge in [0.05, 0.1) is 11.5 Å². The molecule has 21 heavy (non-hydrogen) atoms. The Morgan fingerprint density at radius 1 is 1.43 bits per heavy atom. The van der Waals surface area contributed by atoms with Gasteiger partial charge in [-0.1, -0.05) is 19.1 Å². The summed E-state index contributed by atoms with van der Waals surface area (Å²) < 4.78 is 32.7. The number of hydrogen-bond donors (Lipinski definition) is 2. The highest BCUT2D eigenvalue weighted by atomic mass is 35.5. The maximum absolute atomic E-state index is 12.4. The quantitative estimate of drug-likeness (QED) is 0.857. The molecule has 7 heteroatoms. The van der Waals surface area contributed by atoms with Crippen LogP contribution in [0, 0.1) is 5.92 Å². The number of ether oxygens (including phenoxy) is 1. The van der Waals surface area contributed by atoms with E-state index in [1.807, 2.05) is 6.07 Å². The molecular formula is C14H23ClN2O3S. The predicted octanol–water partition coefficient (Wildman–Crippen LogP) is 1.53. The second-order valence-electron chi connectivity index (χ2n) is 5.28. The zero-order valence-corrected chi connectivity index (χ0v) is 14.0. The van der Waals surface area contributed by atoms with Crippen molar-refractivity contribution in [3.8, 4) is 0 Å². The molecule has 0 spiro atoms. The zero-order valence-electron chi connectivity index (χ0n) is 12.3. The van der Waals surface area contributed by atoms with E-state index in [0.717, 1.165) is 25.1 Å². The van der Waals surface area contributed by atoms with Gasteiger partial charge in [-0.05, 0) is 43.1 Å². The van der Waals surface area contributed by atoms with Gasteiger partial charge in [-0.15, -0.1) is 12.4 Å². The number of nitrogens with one attached hydrogen (secondary N) is 2. The van der Waals surface area contributed by atoms with Gasteiger partial charge in [0.25, 0.3) is 0 Å². The fourth-order valence-corrected chi connectivity index (χ4v) is 3.87. The van der Waals surface area contributed by atoms with Gasteiger partial charge in [0.15, 0.2) is 0 Å². The molecule has 0 bridgehead atoms. The molecule has 120 valence electrons. The molecule has 2 atom stereocenters. The Bertz CT molecular complexity index is 551. The van der Waals surface area contributed by atoms with Gasteiger partial charge in [-0.2, -0.15) is 0 Å². The monoisotopic (exact) mass is 334 g/mol. The smallest absolute Gasteiger partial charge is 0.240 e. The van der Waals surface area contributed by atoms with Crippen LogP contribution in [-0.2, 0) is 21.4 Å². The van der Waals surface area contributed by atoms with Gasteiger partial charge in [0, 0.05) is 13.2 Å². The number of sulfonamides is 1. The van der Waals surface area contributed by atoms with E-state index in [1.54, 1.807) is 25.3 Å². The highest BCUT2D eigenvalue weighted by Gasteiger charge is 2.26. The third-order valence-electron chi connectivity index (χ3n) is 3.61. The van der Waals surface area contributed by atoms with Gasteiger partial charge in [0.2, 0.25) is 10.0 Å². The van der Waals surface area contributed by atoms with E-state index in [2.05, 4.69) is 17.0 Å². The van der Waals surface area contributed by atoms with Crippen LogP contribution in [0.15, 0.2) is 29.2 Å². The van der Waals surface area contributed by atoms with Crippen molar-refractivity contribution in [3.05, 3.63) is 29.8 Å². The largest absolute Gasteiger partial charge is 0.380 e. The average molecular weight is 335 g/mol.